The molecule has 0 aliphatic carbocycles. The van der Waals surface area contributed by atoms with Gasteiger partial charge in [0.05, 0.1) is 17.5 Å². The summed E-state index contributed by atoms with van der Waals surface area (Å²) in [5, 5.41) is 9.52. The van der Waals surface area contributed by atoms with E-state index in [0.29, 0.717) is 39.5 Å². The molecule has 0 fully saturated rings. The van der Waals surface area contributed by atoms with Crippen LogP contribution in [0.25, 0.3) is 10.8 Å². The van der Waals surface area contributed by atoms with Crippen LogP contribution in [0, 0.1) is 0 Å². The summed E-state index contributed by atoms with van der Waals surface area (Å²) in [4.78, 5) is 24.4. The molecule has 0 spiro atoms. The predicted octanol–water partition coefficient (Wildman–Crippen LogP) is 3.14. The lowest BCUT2D eigenvalue weighted by Gasteiger charge is -2.09. The van der Waals surface area contributed by atoms with Gasteiger partial charge in [-0.3, -0.25) is 9.59 Å². The van der Waals surface area contributed by atoms with Crippen molar-refractivity contribution < 1.29 is 4.79 Å². The van der Waals surface area contributed by atoms with Gasteiger partial charge in [0.2, 0.25) is 5.91 Å². The van der Waals surface area contributed by atoms with Crippen molar-refractivity contribution in [2.45, 2.75) is 12.8 Å². The average Bonchev–Trinajstić information content (AvgIpc) is 2.61. The first-order chi connectivity index (χ1) is 12.5. The van der Waals surface area contributed by atoms with E-state index in [2.05, 4.69) is 10.4 Å². The third kappa shape index (κ3) is 4.06. The molecule has 0 saturated carbocycles. The molecule has 5 nitrogen and oxygen atoms in total. The van der Waals surface area contributed by atoms with Gasteiger partial charge in [0, 0.05) is 29.0 Å². The summed E-state index contributed by atoms with van der Waals surface area (Å²) in [6.07, 6.45) is 0.701. The Morgan fingerprint density at radius 3 is 2.62 bits per heavy atom. The monoisotopic (exact) mass is 389 g/mol. The minimum absolute atomic E-state index is 0.100. The van der Waals surface area contributed by atoms with Crippen LogP contribution in [-0.4, -0.2) is 22.2 Å². The molecule has 0 aliphatic heterocycles. The lowest BCUT2D eigenvalue weighted by atomic mass is 10.1. The van der Waals surface area contributed by atoms with Crippen LogP contribution in [0.2, 0.25) is 10.0 Å². The molecule has 0 aliphatic rings. The summed E-state index contributed by atoms with van der Waals surface area (Å²) < 4.78 is 1.26. The molecule has 3 aromatic rings. The maximum absolute atomic E-state index is 12.3. The van der Waals surface area contributed by atoms with E-state index < -0.39 is 0 Å². The summed E-state index contributed by atoms with van der Waals surface area (Å²) in [7, 11) is 1.58. The molecule has 1 aromatic heterocycles. The number of hydrogen-bond donors (Lipinski definition) is 1. The highest BCUT2D eigenvalue weighted by molar-refractivity contribution is 6.35. The van der Waals surface area contributed by atoms with E-state index in [1.54, 1.807) is 37.4 Å². The van der Waals surface area contributed by atoms with Crippen LogP contribution >= 0.6 is 23.2 Å². The van der Waals surface area contributed by atoms with Crippen molar-refractivity contribution in [1.29, 1.82) is 0 Å². The van der Waals surface area contributed by atoms with Crippen molar-refractivity contribution in [2.75, 3.05) is 6.54 Å². The number of carbonyl (C=O) groups is 1. The molecule has 0 unspecified atom stereocenters. The Bertz CT molecular complexity index is 1030. The second-order valence-electron chi connectivity index (χ2n) is 5.93. The number of benzene rings is 2. The molecule has 0 atom stereocenters. The second kappa shape index (κ2) is 7.89. The van der Waals surface area contributed by atoms with Crippen molar-refractivity contribution in [3.63, 3.8) is 0 Å². The van der Waals surface area contributed by atoms with Crippen LogP contribution in [0.4, 0.5) is 0 Å². The Labute approximate surface area is 160 Å². The van der Waals surface area contributed by atoms with E-state index in [-0.39, 0.29) is 17.9 Å². The van der Waals surface area contributed by atoms with Gasteiger partial charge in [0.25, 0.3) is 5.56 Å². The molecular formula is C19H17Cl2N3O2. The van der Waals surface area contributed by atoms with Crippen LogP contribution in [0.5, 0.6) is 0 Å². The van der Waals surface area contributed by atoms with Crippen molar-refractivity contribution in [3.8, 4) is 0 Å². The number of rotatable bonds is 5. The lowest BCUT2D eigenvalue weighted by molar-refractivity contribution is -0.120. The molecule has 2 aromatic carbocycles. The average molecular weight is 390 g/mol. The van der Waals surface area contributed by atoms with Crippen molar-refractivity contribution in [1.82, 2.24) is 15.1 Å². The van der Waals surface area contributed by atoms with Gasteiger partial charge in [0.15, 0.2) is 0 Å². The van der Waals surface area contributed by atoms with E-state index in [1.165, 1.54) is 4.68 Å². The molecule has 0 radical (unpaired) electrons. The van der Waals surface area contributed by atoms with Crippen LogP contribution in [0.15, 0.2) is 47.3 Å². The fourth-order valence-electron chi connectivity index (χ4n) is 2.78. The largest absolute Gasteiger partial charge is 0.355 e. The number of hydrogen-bond acceptors (Lipinski definition) is 3. The SMILES string of the molecule is Cn1nc(CC(=O)NCCc2ccc(Cl)cc2Cl)c2ccccc2c1=O. The Morgan fingerprint density at radius 1 is 1.15 bits per heavy atom. The molecule has 7 heteroatoms. The maximum atomic E-state index is 12.3. The quantitative estimate of drug-likeness (QED) is 0.728. The number of amides is 1. The van der Waals surface area contributed by atoms with Gasteiger partial charge in [-0.2, -0.15) is 5.10 Å². The van der Waals surface area contributed by atoms with Gasteiger partial charge >= 0.3 is 0 Å². The summed E-state index contributed by atoms with van der Waals surface area (Å²) >= 11 is 12.0. The third-order valence-electron chi connectivity index (χ3n) is 4.09. The molecule has 1 N–H and O–H groups in total. The van der Waals surface area contributed by atoms with Crippen LogP contribution in [0.3, 0.4) is 0 Å². The van der Waals surface area contributed by atoms with Crippen molar-refractivity contribution in [2.24, 2.45) is 7.05 Å². The number of aryl methyl sites for hydroxylation is 1. The summed E-state index contributed by atoms with van der Waals surface area (Å²) in [5.74, 6) is -0.161. The smallest absolute Gasteiger partial charge is 0.274 e. The lowest BCUT2D eigenvalue weighted by Crippen LogP contribution is -2.29. The Kier molecular flexibility index (Phi) is 5.59. The minimum Gasteiger partial charge on any atom is -0.355 e. The van der Waals surface area contributed by atoms with Gasteiger partial charge < -0.3 is 5.32 Å². The van der Waals surface area contributed by atoms with Crippen LogP contribution < -0.4 is 10.9 Å². The standard InChI is InChI=1S/C19H17Cl2N3O2/c1-24-19(26)15-5-3-2-4-14(15)17(23-24)11-18(25)22-9-8-12-6-7-13(20)10-16(12)21/h2-7,10H,8-9,11H2,1H3,(H,22,25). The Balaban J connectivity index is 1.68. The van der Waals surface area contributed by atoms with E-state index in [4.69, 9.17) is 23.2 Å². The molecule has 3 rings (SSSR count). The van der Waals surface area contributed by atoms with Crippen LogP contribution in [0.1, 0.15) is 11.3 Å². The number of carbonyl (C=O) groups excluding carboxylic acids is 1. The van der Waals surface area contributed by atoms with Crippen molar-refractivity contribution in [3.05, 3.63) is 74.1 Å². The second-order valence-corrected chi connectivity index (χ2v) is 6.78. The van der Waals surface area contributed by atoms with Gasteiger partial charge in [-0.1, -0.05) is 47.5 Å². The maximum Gasteiger partial charge on any atom is 0.274 e. The summed E-state index contributed by atoms with van der Waals surface area (Å²) in [6.45, 7) is 0.448. The van der Waals surface area contributed by atoms with Gasteiger partial charge in [-0.25, -0.2) is 4.68 Å². The first kappa shape index (κ1) is 18.4. The third-order valence-corrected chi connectivity index (χ3v) is 4.68. The number of halogens is 2. The molecule has 134 valence electrons. The van der Waals surface area contributed by atoms with E-state index in [1.807, 2.05) is 12.1 Å². The normalized spacial score (nSPS) is 10.9. The number of aromatic nitrogens is 2. The topological polar surface area (TPSA) is 64.0 Å². The van der Waals surface area contributed by atoms with Crippen LogP contribution in [-0.2, 0) is 24.7 Å². The fourth-order valence-corrected chi connectivity index (χ4v) is 3.29. The highest BCUT2D eigenvalue weighted by atomic mass is 35.5. The molecule has 1 amide bonds. The summed E-state index contributed by atoms with van der Waals surface area (Å²) in [6, 6.07) is 12.5. The van der Waals surface area contributed by atoms with Gasteiger partial charge in [0.1, 0.15) is 0 Å². The van der Waals surface area contributed by atoms with Gasteiger partial charge in [-0.05, 0) is 30.2 Å². The first-order valence-corrected chi connectivity index (χ1v) is 8.87. The zero-order chi connectivity index (χ0) is 18.7. The predicted molar refractivity (Wildman–Crippen MR) is 104 cm³/mol. The Morgan fingerprint density at radius 2 is 1.88 bits per heavy atom. The molecule has 1 heterocycles. The highest BCUT2D eigenvalue weighted by Gasteiger charge is 2.12. The highest BCUT2D eigenvalue weighted by Crippen LogP contribution is 2.21. The number of nitrogens with zero attached hydrogens (tertiary/aromatic N) is 2. The molecule has 0 bridgehead atoms. The van der Waals surface area contributed by atoms with E-state index in [0.717, 1.165) is 5.56 Å². The molecular weight excluding hydrogens is 373 g/mol. The summed E-state index contributed by atoms with van der Waals surface area (Å²) in [5.41, 5.74) is 1.31. The zero-order valence-corrected chi connectivity index (χ0v) is 15.6. The number of fused-ring (bicyclic) bond motifs is 1. The minimum atomic E-state index is -0.179. The number of nitrogens with one attached hydrogen (secondary N) is 1. The van der Waals surface area contributed by atoms with E-state index >= 15 is 0 Å². The Hall–Kier alpha value is -2.37. The first-order valence-electron chi connectivity index (χ1n) is 8.11. The van der Waals surface area contributed by atoms with Gasteiger partial charge in [-0.15, -0.1) is 0 Å². The van der Waals surface area contributed by atoms with E-state index in [9.17, 15) is 9.59 Å². The van der Waals surface area contributed by atoms with Crippen molar-refractivity contribution >= 4 is 39.9 Å². The molecule has 26 heavy (non-hydrogen) atoms. The molecule has 0 saturated heterocycles. The fraction of sp³-hybridized carbons (Fsp3) is 0.211. The zero-order valence-electron chi connectivity index (χ0n) is 14.1.